The summed E-state index contributed by atoms with van der Waals surface area (Å²) in [6.07, 6.45) is 0. The van der Waals surface area contributed by atoms with Crippen molar-refractivity contribution in [3.05, 3.63) is 53.1 Å². The lowest BCUT2D eigenvalue weighted by Gasteiger charge is -2.27. The molecule has 0 fully saturated rings. The second kappa shape index (κ2) is 8.21. The Hall–Kier alpha value is -3.22. The van der Waals surface area contributed by atoms with E-state index in [0.717, 1.165) is 11.3 Å². The number of carbonyl (C=O) groups is 1. The molecule has 0 saturated carbocycles. The molecule has 0 spiro atoms. The number of anilines is 1. The van der Waals surface area contributed by atoms with E-state index in [-0.39, 0.29) is 23.3 Å². The quantitative estimate of drug-likeness (QED) is 0.397. The second-order valence-corrected chi connectivity index (χ2v) is 7.70. The Morgan fingerprint density at radius 2 is 1.82 bits per heavy atom. The minimum absolute atomic E-state index is 0.0484. The highest BCUT2D eigenvalue weighted by molar-refractivity contribution is 6.02. The number of ether oxygens (including phenoxy) is 1. The van der Waals surface area contributed by atoms with E-state index < -0.39 is 11.7 Å². The topological polar surface area (TPSA) is 103 Å². The van der Waals surface area contributed by atoms with Gasteiger partial charge in [-0.2, -0.15) is 0 Å². The molecule has 2 rings (SSSR count). The monoisotopic (exact) mass is 386 g/mol. The Labute approximate surface area is 164 Å². The van der Waals surface area contributed by atoms with Crippen molar-refractivity contribution in [3.63, 3.8) is 0 Å². The van der Waals surface area contributed by atoms with Gasteiger partial charge in [-0.1, -0.05) is 32.0 Å². The first-order valence-corrected chi connectivity index (χ1v) is 8.77. The molecule has 0 radical (unpaired) electrons. The smallest absolute Gasteiger partial charge is 0.339 e. The summed E-state index contributed by atoms with van der Waals surface area (Å²) in [4.78, 5) is 13.0. The molecule has 7 nitrogen and oxygen atoms in total. The molecule has 7 heteroatoms. The number of benzene rings is 2. The summed E-state index contributed by atoms with van der Waals surface area (Å²) >= 11 is 0. The fraction of sp³-hybridized carbons (Fsp3) is 0.333. The maximum Gasteiger partial charge on any atom is 0.339 e. The van der Waals surface area contributed by atoms with Gasteiger partial charge in [0.15, 0.2) is 0 Å². The van der Waals surface area contributed by atoms with Crippen molar-refractivity contribution in [3.8, 4) is 11.5 Å². The summed E-state index contributed by atoms with van der Waals surface area (Å²) in [5, 5.41) is 31.6. The number of nitrogens with zero attached hydrogens (tertiary/aromatic N) is 2. The number of phenols is 1. The molecule has 0 aliphatic carbocycles. The fourth-order valence-electron chi connectivity index (χ4n) is 2.81. The molecule has 0 aliphatic rings. The summed E-state index contributed by atoms with van der Waals surface area (Å²) in [7, 11) is 3.95. The first kappa shape index (κ1) is 21.1. The number of rotatable bonds is 6. The van der Waals surface area contributed by atoms with Crippen molar-refractivity contribution in [1.29, 1.82) is 0 Å². The molecule has 28 heavy (non-hydrogen) atoms. The van der Waals surface area contributed by atoms with E-state index in [0.29, 0.717) is 11.3 Å². The van der Waals surface area contributed by atoms with Crippen molar-refractivity contribution < 1.29 is 25.0 Å². The van der Waals surface area contributed by atoms with Crippen molar-refractivity contribution in [1.82, 2.24) is 0 Å². The van der Waals surface area contributed by atoms with Gasteiger partial charge in [0, 0.05) is 31.4 Å². The highest BCUT2D eigenvalue weighted by Crippen LogP contribution is 2.32. The van der Waals surface area contributed by atoms with Crippen LogP contribution in [-0.2, 0) is 5.41 Å². The molecule has 0 aromatic heterocycles. The average Bonchev–Trinajstić information content (AvgIpc) is 2.61. The van der Waals surface area contributed by atoms with Crippen molar-refractivity contribution in [2.24, 2.45) is 5.16 Å². The van der Waals surface area contributed by atoms with Gasteiger partial charge < -0.3 is 25.1 Å². The molecule has 0 heterocycles. The Kier molecular flexibility index (Phi) is 6.18. The molecule has 0 atom stereocenters. The van der Waals surface area contributed by atoms with Crippen molar-refractivity contribution in [2.75, 3.05) is 25.6 Å². The van der Waals surface area contributed by atoms with Crippen LogP contribution in [0.5, 0.6) is 11.5 Å². The predicted molar refractivity (Wildman–Crippen MR) is 108 cm³/mol. The normalized spacial score (nSPS) is 12.0. The molecule has 0 unspecified atom stereocenters. The average molecular weight is 386 g/mol. The number of aromatic carboxylic acids is 1. The maximum atomic E-state index is 11.0. The minimum atomic E-state index is -1.22. The lowest BCUT2D eigenvalue weighted by molar-refractivity contribution is 0.0693. The molecule has 0 amide bonds. The minimum Gasteiger partial charge on any atom is -0.507 e. The van der Waals surface area contributed by atoms with Crippen LogP contribution in [0.15, 0.2) is 41.6 Å². The molecule has 2 aromatic carbocycles. The van der Waals surface area contributed by atoms with Gasteiger partial charge in [-0.25, -0.2) is 4.79 Å². The van der Waals surface area contributed by atoms with E-state index in [1.165, 1.54) is 18.2 Å². The molecule has 2 aromatic rings. The first-order valence-electron chi connectivity index (χ1n) is 8.77. The van der Waals surface area contributed by atoms with Crippen LogP contribution in [0.25, 0.3) is 0 Å². The standard InChI is InChI=1S/C21H26N2O5/c1-21(2,3)16-10-13(6-9-18(16)23(4)5)17(22-27)12-28-14-7-8-15(20(25)26)19(24)11-14/h6-11,24,27H,12H2,1-5H3,(H,25,26). The largest absolute Gasteiger partial charge is 0.507 e. The highest BCUT2D eigenvalue weighted by atomic mass is 16.5. The van der Waals surface area contributed by atoms with Gasteiger partial charge in [-0.3, -0.25) is 0 Å². The summed E-state index contributed by atoms with van der Waals surface area (Å²) in [5.41, 5.74) is 2.87. The van der Waals surface area contributed by atoms with Gasteiger partial charge >= 0.3 is 5.97 Å². The Morgan fingerprint density at radius 3 is 2.32 bits per heavy atom. The van der Waals surface area contributed by atoms with Gasteiger partial charge in [0.25, 0.3) is 0 Å². The van der Waals surface area contributed by atoms with Crippen molar-refractivity contribution in [2.45, 2.75) is 26.2 Å². The number of carboxylic acids is 1. The third-order valence-corrected chi connectivity index (χ3v) is 4.32. The summed E-state index contributed by atoms with van der Waals surface area (Å²) in [6.45, 7) is 6.28. The molecule has 0 saturated heterocycles. The Bertz CT molecular complexity index is 898. The van der Waals surface area contributed by atoms with Gasteiger partial charge in [0.05, 0.1) is 0 Å². The third kappa shape index (κ3) is 4.73. The van der Waals surface area contributed by atoms with Gasteiger partial charge in [0.2, 0.25) is 0 Å². The van der Waals surface area contributed by atoms with Crippen LogP contribution < -0.4 is 9.64 Å². The van der Waals surface area contributed by atoms with Crippen molar-refractivity contribution >= 4 is 17.4 Å². The molecule has 3 N–H and O–H groups in total. The van der Waals surface area contributed by atoms with Crippen LogP contribution in [0, 0.1) is 0 Å². The number of aromatic hydroxyl groups is 1. The van der Waals surface area contributed by atoms with E-state index in [9.17, 15) is 15.1 Å². The van der Waals surface area contributed by atoms with Gasteiger partial charge in [0.1, 0.15) is 29.4 Å². The zero-order valence-electron chi connectivity index (χ0n) is 16.7. The first-order chi connectivity index (χ1) is 13.0. The number of hydrogen-bond acceptors (Lipinski definition) is 6. The molecule has 150 valence electrons. The maximum absolute atomic E-state index is 11.0. The molecule has 0 aliphatic heterocycles. The lowest BCUT2D eigenvalue weighted by atomic mass is 9.84. The summed E-state index contributed by atoms with van der Waals surface area (Å²) < 4.78 is 5.58. The van der Waals surface area contributed by atoms with E-state index in [4.69, 9.17) is 9.84 Å². The van der Waals surface area contributed by atoms with E-state index in [1.54, 1.807) is 0 Å². The lowest BCUT2D eigenvalue weighted by Crippen LogP contribution is -2.21. The van der Waals surface area contributed by atoms with E-state index in [1.807, 2.05) is 37.2 Å². The number of carboxylic acid groups (broad SMARTS) is 1. The SMILES string of the molecule is CN(C)c1ccc(C(COc2ccc(C(=O)O)c(O)c2)=NO)cc1C(C)(C)C. The highest BCUT2D eigenvalue weighted by Gasteiger charge is 2.21. The van der Waals surface area contributed by atoms with Gasteiger partial charge in [-0.05, 0) is 35.2 Å². The third-order valence-electron chi connectivity index (χ3n) is 4.32. The molecular weight excluding hydrogens is 360 g/mol. The number of oxime groups is 1. The van der Waals surface area contributed by atoms with Crippen LogP contribution in [0.2, 0.25) is 0 Å². The van der Waals surface area contributed by atoms with E-state index >= 15 is 0 Å². The van der Waals surface area contributed by atoms with Crippen LogP contribution >= 0.6 is 0 Å². The van der Waals surface area contributed by atoms with E-state index in [2.05, 4.69) is 25.9 Å². The Morgan fingerprint density at radius 1 is 1.14 bits per heavy atom. The number of hydrogen-bond donors (Lipinski definition) is 3. The van der Waals surface area contributed by atoms with Crippen LogP contribution in [-0.4, -0.2) is 47.8 Å². The molecular formula is C21H26N2O5. The molecule has 0 bridgehead atoms. The van der Waals surface area contributed by atoms with Crippen LogP contribution in [0.1, 0.15) is 42.3 Å². The zero-order chi connectivity index (χ0) is 21.1. The summed E-state index contributed by atoms with van der Waals surface area (Å²) in [5.74, 6) is -1.35. The Balaban J connectivity index is 2.27. The summed E-state index contributed by atoms with van der Waals surface area (Å²) in [6, 6.07) is 9.70. The van der Waals surface area contributed by atoms with Crippen LogP contribution in [0.4, 0.5) is 5.69 Å². The second-order valence-electron chi connectivity index (χ2n) is 7.70. The van der Waals surface area contributed by atoms with Gasteiger partial charge in [-0.15, -0.1) is 0 Å². The zero-order valence-corrected chi connectivity index (χ0v) is 16.7. The fourth-order valence-corrected chi connectivity index (χ4v) is 2.81. The predicted octanol–water partition coefficient (Wildman–Crippen LogP) is 3.71. The van der Waals surface area contributed by atoms with Crippen LogP contribution in [0.3, 0.4) is 0 Å².